The number of rotatable bonds is 7. The standard InChI is InChI=1S/C11H20N4OS.HI/c1-12-11(13-6-3-4-8-17-2)14-9-10-5-7-16-15-10;/h5,7H,3-4,6,8-9H2,1-2H3,(H2,12,13,14);1H. The van der Waals surface area contributed by atoms with E-state index in [4.69, 9.17) is 4.52 Å². The lowest BCUT2D eigenvalue weighted by Crippen LogP contribution is -2.37. The molecule has 0 bridgehead atoms. The summed E-state index contributed by atoms with van der Waals surface area (Å²) in [5, 5.41) is 10.3. The number of hydrogen-bond acceptors (Lipinski definition) is 4. The van der Waals surface area contributed by atoms with E-state index in [1.807, 2.05) is 17.8 Å². The molecule has 2 N–H and O–H groups in total. The van der Waals surface area contributed by atoms with Crippen LogP contribution in [-0.4, -0.2) is 36.7 Å². The smallest absolute Gasteiger partial charge is 0.191 e. The Morgan fingerprint density at radius 3 is 2.89 bits per heavy atom. The molecule has 1 aromatic rings. The SMILES string of the molecule is CN=C(NCCCCSC)NCc1ccon1.I. The molecule has 0 unspecified atom stereocenters. The lowest BCUT2D eigenvalue weighted by Gasteiger charge is -2.10. The van der Waals surface area contributed by atoms with Crippen LogP contribution >= 0.6 is 35.7 Å². The first kappa shape index (κ1) is 17.6. The molecule has 1 heterocycles. The number of nitrogens with one attached hydrogen (secondary N) is 2. The average molecular weight is 384 g/mol. The van der Waals surface area contributed by atoms with Crippen molar-refractivity contribution < 1.29 is 4.52 Å². The third kappa shape index (κ3) is 7.80. The third-order valence-electron chi connectivity index (χ3n) is 2.22. The number of guanidine groups is 1. The van der Waals surface area contributed by atoms with Crippen LogP contribution in [0.4, 0.5) is 0 Å². The number of aliphatic imine (C=N–C) groups is 1. The van der Waals surface area contributed by atoms with Crippen molar-refractivity contribution in [3.8, 4) is 0 Å². The van der Waals surface area contributed by atoms with Crippen LogP contribution < -0.4 is 10.6 Å². The highest BCUT2D eigenvalue weighted by Crippen LogP contribution is 1.97. The predicted octanol–water partition coefficient (Wildman–Crippen LogP) is 2.10. The first-order chi connectivity index (χ1) is 8.36. The van der Waals surface area contributed by atoms with Crippen LogP contribution in [-0.2, 0) is 6.54 Å². The quantitative estimate of drug-likeness (QED) is 0.326. The molecule has 0 spiro atoms. The molecule has 0 fully saturated rings. The maximum Gasteiger partial charge on any atom is 0.191 e. The number of halogens is 1. The lowest BCUT2D eigenvalue weighted by atomic mass is 10.3. The Morgan fingerprint density at radius 2 is 2.28 bits per heavy atom. The van der Waals surface area contributed by atoms with Gasteiger partial charge in [-0.15, -0.1) is 24.0 Å². The van der Waals surface area contributed by atoms with Crippen molar-refractivity contribution in [2.24, 2.45) is 4.99 Å². The fraction of sp³-hybridized carbons (Fsp3) is 0.636. The minimum atomic E-state index is 0. The van der Waals surface area contributed by atoms with Gasteiger partial charge in [0.2, 0.25) is 0 Å². The van der Waals surface area contributed by atoms with Gasteiger partial charge in [-0.3, -0.25) is 4.99 Å². The van der Waals surface area contributed by atoms with E-state index < -0.39 is 0 Å². The summed E-state index contributed by atoms with van der Waals surface area (Å²) in [6, 6.07) is 1.83. The average Bonchev–Trinajstić information content (AvgIpc) is 2.86. The Labute approximate surface area is 130 Å². The van der Waals surface area contributed by atoms with E-state index in [0.29, 0.717) is 6.54 Å². The Hall–Kier alpha value is -0.440. The number of hydrogen-bond donors (Lipinski definition) is 2. The van der Waals surface area contributed by atoms with Gasteiger partial charge < -0.3 is 15.2 Å². The summed E-state index contributed by atoms with van der Waals surface area (Å²) in [6.07, 6.45) is 6.08. The summed E-state index contributed by atoms with van der Waals surface area (Å²) in [4.78, 5) is 4.14. The zero-order valence-electron chi connectivity index (χ0n) is 10.8. The molecule has 0 aliphatic rings. The molecular weight excluding hydrogens is 363 g/mol. The minimum Gasteiger partial charge on any atom is -0.364 e. The zero-order valence-corrected chi connectivity index (χ0v) is 14.0. The number of nitrogens with zero attached hydrogens (tertiary/aromatic N) is 2. The molecule has 0 radical (unpaired) electrons. The van der Waals surface area contributed by atoms with Crippen molar-refractivity contribution in [3.05, 3.63) is 18.0 Å². The van der Waals surface area contributed by atoms with Crippen molar-refractivity contribution in [2.75, 3.05) is 25.6 Å². The molecule has 1 rings (SSSR count). The Balaban J connectivity index is 0.00000289. The number of thioether (sulfide) groups is 1. The van der Waals surface area contributed by atoms with E-state index in [-0.39, 0.29) is 24.0 Å². The maximum absolute atomic E-state index is 4.75. The van der Waals surface area contributed by atoms with E-state index >= 15 is 0 Å². The zero-order chi connectivity index (χ0) is 12.3. The van der Waals surface area contributed by atoms with Crippen molar-refractivity contribution >= 4 is 41.7 Å². The molecule has 5 nitrogen and oxygen atoms in total. The summed E-state index contributed by atoms with van der Waals surface area (Å²) in [5.41, 5.74) is 0.871. The fourth-order valence-electron chi connectivity index (χ4n) is 1.30. The van der Waals surface area contributed by atoms with E-state index in [2.05, 4.69) is 27.0 Å². The molecule has 18 heavy (non-hydrogen) atoms. The second-order valence-corrected chi connectivity index (χ2v) is 4.53. The molecule has 0 aliphatic carbocycles. The Bertz CT molecular complexity index is 319. The van der Waals surface area contributed by atoms with Gasteiger partial charge in [-0.25, -0.2) is 0 Å². The van der Waals surface area contributed by atoms with Gasteiger partial charge in [0.15, 0.2) is 5.96 Å². The highest BCUT2D eigenvalue weighted by atomic mass is 127. The topological polar surface area (TPSA) is 62.5 Å². The Kier molecular flexibility index (Phi) is 11.4. The maximum atomic E-state index is 4.75. The number of aromatic nitrogens is 1. The van der Waals surface area contributed by atoms with Gasteiger partial charge >= 0.3 is 0 Å². The second-order valence-electron chi connectivity index (χ2n) is 3.54. The first-order valence-corrected chi connectivity index (χ1v) is 7.09. The molecule has 7 heteroatoms. The van der Waals surface area contributed by atoms with Crippen LogP contribution in [0.3, 0.4) is 0 Å². The van der Waals surface area contributed by atoms with E-state index in [0.717, 1.165) is 24.6 Å². The normalized spacial score (nSPS) is 10.9. The molecule has 1 aromatic heterocycles. The van der Waals surface area contributed by atoms with E-state index in [1.165, 1.54) is 12.2 Å². The summed E-state index contributed by atoms with van der Waals surface area (Å²) >= 11 is 1.88. The van der Waals surface area contributed by atoms with Crippen molar-refractivity contribution in [3.63, 3.8) is 0 Å². The molecule has 0 aromatic carbocycles. The summed E-state index contributed by atoms with van der Waals surface area (Å²) in [5.74, 6) is 2.02. The largest absolute Gasteiger partial charge is 0.364 e. The monoisotopic (exact) mass is 384 g/mol. The molecule has 0 saturated carbocycles. The van der Waals surface area contributed by atoms with Gasteiger partial charge in [-0.2, -0.15) is 11.8 Å². The molecule has 0 aliphatic heterocycles. The van der Waals surface area contributed by atoms with Crippen LogP contribution in [0, 0.1) is 0 Å². The highest BCUT2D eigenvalue weighted by Gasteiger charge is 1.99. The molecule has 0 saturated heterocycles. The second kappa shape index (κ2) is 11.6. The Morgan fingerprint density at radius 1 is 1.44 bits per heavy atom. The summed E-state index contributed by atoms with van der Waals surface area (Å²) in [6.45, 7) is 1.57. The van der Waals surface area contributed by atoms with Crippen LogP contribution in [0.2, 0.25) is 0 Å². The van der Waals surface area contributed by atoms with E-state index in [9.17, 15) is 0 Å². The first-order valence-electron chi connectivity index (χ1n) is 5.69. The molecular formula is C11H21IN4OS. The molecule has 0 amide bonds. The van der Waals surface area contributed by atoms with Gasteiger partial charge in [-0.05, 0) is 24.9 Å². The fourth-order valence-corrected chi connectivity index (χ4v) is 1.79. The van der Waals surface area contributed by atoms with Crippen molar-refractivity contribution in [2.45, 2.75) is 19.4 Å². The van der Waals surface area contributed by atoms with Gasteiger partial charge in [0.1, 0.15) is 12.0 Å². The van der Waals surface area contributed by atoms with Crippen molar-refractivity contribution in [1.82, 2.24) is 15.8 Å². The van der Waals surface area contributed by atoms with E-state index in [1.54, 1.807) is 13.3 Å². The van der Waals surface area contributed by atoms with Crippen molar-refractivity contribution in [1.29, 1.82) is 0 Å². The van der Waals surface area contributed by atoms with Gasteiger partial charge in [0, 0.05) is 19.7 Å². The molecule has 0 atom stereocenters. The van der Waals surface area contributed by atoms with Crippen LogP contribution in [0.25, 0.3) is 0 Å². The third-order valence-corrected chi connectivity index (χ3v) is 2.92. The van der Waals surface area contributed by atoms with Gasteiger partial charge in [-0.1, -0.05) is 5.16 Å². The van der Waals surface area contributed by atoms with Crippen LogP contribution in [0.5, 0.6) is 0 Å². The lowest BCUT2D eigenvalue weighted by molar-refractivity contribution is 0.410. The van der Waals surface area contributed by atoms with Crippen LogP contribution in [0.15, 0.2) is 21.8 Å². The minimum absolute atomic E-state index is 0. The summed E-state index contributed by atoms with van der Waals surface area (Å²) < 4.78 is 4.75. The van der Waals surface area contributed by atoms with Crippen LogP contribution in [0.1, 0.15) is 18.5 Å². The summed E-state index contributed by atoms with van der Waals surface area (Å²) in [7, 11) is 1.76. The van der Waals surface area contributed by atoms with Gasteiger partial charge in [0.25, 0.3) is 0 Å². The predicted molar refractivity (Wildman–Crippen MR) is 87.7 cm³/mol. The molecule has 104 valence electrons. The number of unbranched alkanes of at least 4 members (excludes halogenated alkanes) is 1. The highest BCUT2D eigenvalue weighted by molar-refractivity contribution is 14.0. The van der Waals surface area contributed by atoms with Gasteiger partial charge in [0.05, 0.1) is 6.54 Å².